The van der Waals surface area contributed by atoms with Gasteiger partial charge < -0.3 is 9.15 Å². The molecule has 11 nitrogen and oxygen atoms in total. The highest BCUT2D eigenvalue weighted by molar-refractivity contribution is 7.98. The molecule has 35 heavy (non-hydrogen) atoms. The first-order valence-corrected chi connectivity index (χ1v) is 11.3. The summed E-state index contributed by atoms with van der Waals surface area (Å²) in [6.45, 7) is 0. The molecule has 5 aromatic rings. The highest BCUT2D eigenvalue weighted by Crippen LogP contribution is 2.31. The van der Waals surface area contributed by atoms with E-state index in [0.717, 1.165) is 17.0 Å². The van der Waals surface area contributed by atoms with Gasteiger partial charge in [-0.25, -0.2) is 0 Å². The van der Waals surface area contributed by atoms with E-state index in [1.54, 1.807) is 31.6 Å². The zero-order chi connectivity index (χ0) is 24.2. The van der Waals surface area contributed by atoms with Crippen LogP contribution in [0.5, 0.6) is 5.75 Å². The normalized spacial score (nSPS) is 10.9. The van der Waals surface area contributed by atoms with Crippen LogP contribution < -0.4 is 4.74 Å². The number of hydrogen-bond acceptors (Lipinski definition) is 10. The first-order chi connectivity index (χ1) is 17.1. The maximum atomic E-state index is 10.9. The Labute approximate surface area is 203 Å². The maximum absolute atomic E-state index is 10.9. The fraction of sp³-hybridized carbons (Fsp3) is 0.0870. The number of nitro benzene ring substituents is 1. The third-order valence-corrected chi connectivity index (χ3v) is 5.93. The third kappa shape index (κ3) is 4.73. The number of aromatic nitrogens is 6. The summed E-state index contributed by atoms with van der Waals surface area (Å²) in [7, 11) is 1.62. The molecule has 0 radical (unpaired) electrons. The van der Waals surface area contributed by atoms with E-state index < -0.39 is 4.92 Å². The molecule has 0 aliphatic rings. The summed E-state index contributed by atoms with van der Waals surface area (Å²) in [6.07, 6.45) is 3.40. The van der Waals surface area contributed by atoms with Crippen molar-refractivity contribution in [3.05, 3.63) is 89.1 Å². The van der Waals surface area contributed by atoms with Gasteiger partial charge in [0.1, 0.15) is 5.75 Å². The van der Waals surface area contributed by atoms with Gasteiger partial charge in [0.05, 0.1) is 17.8 Å². The first-order valence-electron chi connectivity index (χ1n) is 10.3. The van der Waals surface area contributed by atoms with E-state index in [9.17, 15) is 10.1 Å². The molecular formula is C23H17N7O4S. The largest absolute Gasteiger partial charge is 0.497 e. The lowest BCUT2D eigenvalue weighted by atomic mass is 10.2. The van der Waals surface area contributed by atoms with Crippen LogP contribution in [-0.4, -0.2) is 42.0 Å². The van der Waals surface area contributed by atoms with Gasteiger partial charge in [0, 0.05) is 41.3 Å². The van der Waals surface area contributed by atoms with Crippen LogP contribution in [0.15, 0.2) is 82.6 Å². The lowest BCUT2D eigenvalue weighted by Gasteiger charge is -2.10. The number of hydrogen-bond donors (Lipinski definition) is 0. The van der Waals surface area contributed by atoms with E-state index in [4.69, 9.17) is 9.15 Å². The molecule has 174 valence electrons. The van der Waals surface area contributed by atoms with Crippen LogP contribution in [0.25, 0.3) is 28.5 Å². The smallest absolute Gasteiger partial charge is 0.269 e. The minimum atomic E-state index is -0.459. The van der Waals surface area contributed by atoms with E-state index in [2.05, 4.69) is 25.4 Å². The summed E-state index contributed by atoms with van der Waals surface area (Å²) in [6, 6.07) is 17.3. The predicted octanol–water partition coefficient (Wildman–Crippen LogP) is 4.59. The Morgan fingerprint density at radius 2 is 1.69 bits per heavy atom. The maximum Gasteiger partial charge on any atom is 0.269 e. The summed E-state index contributed by atoms with van der Waals surface area (Å²) in [4.78, 5) is 14.5. The molecule has 0 saturated carbocycles. The minimum absolute atomic E-state index is 0.00749. The standard InChI is InChI=1S/C23H17N7O4S/c1-33-19-8-6-17(7-9-19)29-21(15-10-12-24-13-11-15)26-28-23(29)35-14-20-25-27-22(34-20)16-2-4-18(5-3-16)30(31)32/h2-13H,14H2,1H3. The average Bonchev–Trinajstić information content (AvgIpc) is 3.55. The number of benzene rings is 2. The fourth-order valence-electron chi connectivity index (χ4n) is 3.30. The predicted molar refractivity (Wildman–Crippen MR) is 127 cm³/mol. The summed E-state index contributed by atoms with van der Waals surface area (Å²) in [5.74, 6) is 2.43. The first kappa shape index (κ1) is 22.2. The van der Waals surface area contributed by atoms with E-state index >= 15 is 0 Å². The van der Waals surface area contributed by atoms with Crippen LogP contribution in [0.2, 0.25) is 0 Å². The molecule has 5 rings (SSSR count). The molecule has 0 unspecified atom stereocenters. The molecule has 3 heterocycles. The molecule has 0 aliphatic heterocycles. The van der Waals surface area contributed by atoms with Crippen LogP contribution in [0.1, 0.15) is 5.89 Å². The quantitative estimate of drug-likeness (QED) is 0.174. The highest BCUT2D eigenvalue weighted by Gasteiger charge is 2.18. The highest BCUT2D eigenvalue weighted by atomic mass is 32.2. The third-order valence-electron chi connectivity index (χ3n) is 5.02. The fourth-order valence-corrected chi connectivity index (χ4v) is 4.08. The van der Waals surface area contributed by atoms with Gasteiger partial charge in [-0.1, -0.05) is 11.8 Å². The number of nitrogens with zero attached hydrogens (tertiary/aromatic N) is 7. The second-order valence-electron chi connectivity index (χ2n) is 7.17. The molecule has 0 bridgehead atoms. The van der Waals surface area contributed by atoms with Gasteiger partial charge in [-0.05, 0) is 48.5 Å². The Morgan fingerprint density at radius 3 is 2.37 bits per heavy atom. The second kappa shape index (κ2) is 9.73. The SMILES string of the molecule is COc1ccc(-n2c(SCc3nnc(-c4ccc([N+](=O)[O-])cc4)o3)nnc2-c2ccncc2)cc1. The number of nitro groups is 1. The van der Waals surface area contributed by atoms with Gasteiger partial charge in [-0.2, -0.15) is 0 Å². The Bertz CT molecular complexity index is 1450. The lowest BCUT2D eigenvalue weighted by Crippen LogP contribution is -2.00. The number of ether oxygens (including phenoxy) is 1. The lowest BCUT2D eigenvalue weighted by molar-refractivity contribution is -0.384. The van der Waals surface area contributed by atoms with Gasteiger partial charge in [-0.3, -0.25) is 19.7 Å². The van der Waals surface area contributed by atoms with E-state index in [1.165, 1.54) is 23.9 Å². The average molecular weight is 488 g/mol. The van der Waals surface area contributed by atoms with Gasteiger partial charge in [0.25, 0.3) is 5.69 Å². The summed E-state index contributed by atoms with van der Waals surface area (Å²) < 4.78 is 13.0. The van der Waals surface area contributed by atoms with Crippen molar-refractivity contribution >= 4 is 17.4 Å². The Hall–Kier alpha value is -4.58. The Morgan fingerprint density at radius 1 is 0.943 bits per heavy atom. The Kier molecular flexibility index (Phi) is 6.18. The minimum Gasteiger partial charge on any atom is -0.497 e. The van der Waals surface area contributed by atoms with Crippen molar-refractivity contribution in [1.82, 2.24) is 29.9 Å². The van der Waals surface area contributed by atoms with Crippen LogP contribution in [0.3, 0.4) is 0 Å². The van der Waals surface area contributed by atoms with Gasteiger partial charge in [0.2, 0.25) is 11.8 Å². The number of non-ortho nitro benzene ring substituents is 1. The van der Waals surface area contributed by atoms with Crippen LogP contribution >= 0.6 is 11.8 Å². The molecule has 0 amide bonds. The van der Waals surface area contributed by atoms with Gasteiger partial charge in [0.15, 0.2) is 11.0 Å². The van der Waals surface area contributed by atoms with E-state index in [0.29, 0.717) is 28.2 Å². The second-order valence-corrected chi connectivity index (χ2v) is 8.11. The monoisotopic (exact) mass is 487 g/mol. The molecule has 12 heteroatoms. The van der Waals surface area contributed by atoms with E-state index in [1.807, 2.05) is 41.0 Å². The zero-order valence-corrected chi connectivity index (χ0v) is 19.1. The van der Waals surface area contributed by atoms with Crippen LogP contribution in [0.4, 0.5) is 5.69 Å². The van der Waals surface area contributed by atoms with Crippen molar-refractivity contribution < 1.29 is 14.1 Å². The summed E-state index contributed by atoms with van der Waals surface area (Å²) >= 11 is 1.39. The molecule has 3 aromatic heterocycles. The number of pyridine rings is 1. The topological polar surface area (TPSA) is 135 Å². The number of methoxy groups -OCH3 is 1. The molecule has 0 aliphatic carbocycles. The molecule has 0 N–H and O–H groups in total. The van der Waals surface area contributed by atoms with Crippen LogP contribution in [0, 0.1) is 10.1 Å². The van der Waals surface area contributed by atoms with Crippen molar-refractivity contribution in [2.24, 2.45) is 0 Å². The van der Waals surface area contributed by atoms with Crippen molar-refractivity contribution in [3.8, 4) is 34.3 Å². The van der Waals surface area contributed by atoms with Crippen LogP contribution in [-0.2, 0) is 5.75 Å². The molecule has 0 saturated heterocycles. The summed E-state index contributed by atoms with van der Waals surface area (Å²) in [5, 5.41) is 28.4. The van der Waals surface area contributed by atoms with Gasteiger partial charge in [-0.15, -0.1) is 20.4 Å². The Balaban J connectivity index is 1.41. The molecular weight excluding hydrogens is 470 g/mol. The molecule has 0 spiro atoms. The van der Waals surface area contributed by atoms with E-state index in [-0.39, 0.29) is 11.6 Å². The van der Waals surface area contributed by atoms with Gasteiger partial charge >= 0.3 is 0 Å². The molecule has 0 atom stereocenters. The van der Waals surface area contributed by atoms with Crippen molar-refractivity contribution in [2.45, 2.75) is 10.9 Å². The molecule has 2 aromatic carbocycles. The number of thioether (sulfide) groups is 1. The molecule has 0 fully saturated rings. The summed E-state index contributed by atoms with van der Waals surface area (Å²) in [5.41, 5.74) is 2.32. The van der Waals surface area contributed by atoms with Crippen molar-refractivity contribution in [2.75, 3.05) is 7.11 Å². The zero-order valence-electron chi connectivity index (χ0n) is 18.3. The van der Waals surface area contributed by atoms with Crippen molar-refractivity contribution in [1.29, 1.82) is 0 Å². The number of rotatable bonds is 8. The van der Waals surface area contributed by atoms with Crippen molar-refractivity contribution in [3.63, 3.8) is 0 Å².